The topological polar surface area (TPSA) is 12.0 Å². The van der Waals surface area contributed by atoms with Gasteiger partial charge in [0.25, 0.3) is 0 Å². The fraction of sp³-hybridized carbons (Fsp3) is 0.429. The summed E-state index contributed by atoms with van der Waals surface area (Å²) >= 11 is 0. The Bertz CT molecular complexity index is 349. The molecule has 2 rings (SSSR count). The summed E-state index contributed by atoms with van der Waals surface area (Å²) < 4.78 is 0. The van der Waals surface area contributed by atoms with Gasteiger partial charge in [0.2, 0.25) is 0 Å². The summed E-state index contributed by atoms with van der Waals surface area (Å²) in [5, 5.41) is 3.38. The zero-order chi connectivity index (χ0) is 10.7. The van der Waals surface area contributed by atoms with Gasteiger partial charge in [-0.25, -0.2) is 0 Å². The Morgan fingerprint density at radius 3 is 2.20 bits per heavy atom. The molecular formula is C14H19N. The molecule has 1 nitrogen and oxygen atoms in total. The van der Waals surface area contributed by atoms with E-state index in [1.807, 2.05) is 0 Å². The van der Waals surface area contributed by atoms with E-state index in [1.165, 1.54) is 29.5 Å². The van der Waals surface area contributed by atoms with Crippen molar-refractivity contribution in [3.8, 4) is 0 Å². The zero-order valence-electron chi connectivity index (χ0n) is 9.64. The molecule has 1 aromatic carbocycles. The fourth-order valence-electron chi connectivity index (χ4n) is 2.22. The summed E-state index contributed by atoms with van der Waals surface area (Å²) in [5.74, 6) is 0. The van der Waals surface area contributed by atoms with Gasteiger partial charge in [-0.2, -0.15) is 0 Å². The van der Waals surface area contributed by atoms with Crippen LogP contribution in [0, 0.1) is 13.8 Å². The van der Waals surface area contributed by atoms with E-state index >= 15 is 0 Å². The molecule has 1 aliphatic rings. The molecule has 15 heavy (non-hydrogen) atoms. The maximum atomic E-state index is 3.38. The van der Waals surface area contributed by atoms with Crippen LogP contribution in [0.15, 0.2) is 23.8 Å². The van der Waals surface area contributed by atoms with Gasteiger partial charge in [0.1, 0.15) is 0 Å². The van der Waals surface area contributed by atoms with Gasteiger partial charge in [-0.15, -0.1) is 0 Å². The van der Waals surface area contributed by atoms with Crippen LogP contribution in [0.1, 0.15) is 29.5 Å². The second kappa shape index (κ2) is 4.63. The van der Waals surface area contributed by atoms with E-state index in [4.69, 9.17) is 0 Å². The summed E-state index contributed by atoms with van der Waals surface area (Å²) in [5.41, 5.74) is 5.66. The van der Waals surface area contributed by atoms with Gasteiger partial charge in [-0.05, 0) is 45.3 Å². The van der Waals surface area contributed by atoms with Crippen molar-refractivity contribution in [2.75, 3.05) is 13.1 Å². The van der Waals surface area contributed by atoms with Gasteiger partial charge in [0, 0.05) is 0 Å². The minimum Gasteiger partial charge on any atom is -0.316 e. The van der Waals surface area contributed by atoms with Crippen molar-refractivity contribution in [2.45, 2.75) is 26.7 Å². The highest BCUT2D eigenvalue weighted by atomic mass is 14.9. The Morgan fingerprint density at radius 1 is 1.00 bits per heavy atom. The average molecular weight is 201 g/mol. The first-order chi connectivity index (χ1) is 7.24. The van der Waals surface area contributed by atoms with E-state index in [0.29, 0.717) is 0 Å². The number of hydrogen-bond acceptors (Lipinski definition) is 1. The highest BCUT2D eigenvalue weighted by molar-refractivity contribution is 5.55. The normalized spacial score (nSPS) is 16.5. The van der Waals surface area contributed by atoms with Gasteiger partial charge in [0.15, 0.2) is 0 Å². The molecule has 1 N–H and O–H groups in total. The summed E-state index contributed by atoms with van der Waals surface area (Å²) in [4.78, 5) is 0. The largest absolute Gasteiger partial charge is 0.316 e. The molecule has 0 bridgehead atoms. The predicted molar refractivity (Wildman–Crippen MR) is 66.0 cm³/mol. The van der Waals surface area contributed by atoms with Crippen molar-refractivity contribution in [1.29, 1.82) is 0 Å². The highest BCUT2D eigenvalue weighted by Gasteiger charge is 2.04. The average Bonchev–Trinajstić information content (AvgIpc) is 2.17. The van der Waals surface area contributed by atoms with Crippen LogP contribution in [0.5, 0.6) is 0 Å². The minimum atomic E-state index is 1.14. The smallest absolute Gasteiger partial charge is 0.00113 e. The maximum absolute atomic E-state index is 3.38. The van der Waals surface area contributed by atoms with Crippen LogP contribution in [-0.4, -0.2) is 13.1 Å². The van der Waals surface area contributed by atoms with Crippen molar-refractivity contribution in [3.05, 3.63) is 40.5 Å². The Kier molecular flexibility index (Phi) is 3.22. The molecule has 0 spiro atoms. The van der Waals surface area contributed by atoms with Crippen LogP contribution >= 0.6 is 0 Å². The second-order valence-corrected chi connectivity index (χ2v) is 4.47. The summed E-state index contributed by atoms with van der Waals surface area (Å²) in [7, 11) is 0. The first-order valence-electron chi connectivity index (χ1n) is 5.72. The lowest BCUT2D eigenvalue weighted by atomic mass is 10.00. The minimum absolute atomic E-state index is 1.14. The SMILES string of the molecule is Cc1cc(C)cc(C=C2CCNCC2)c1. The van der Waals surface area contributed by atoms with Crippen LogP contribution in [0.4, 0.5) is 0 Å². The third kappa shape index (κ3) is 2.93. The van der Waals surface area contributed by atoms with Crippen molar-refractivity contribution in [2.24, 2.45) is 0 Å². The van der Waals surface area contributed by atoms with E-state index in [1.54, 1.807) is 5.57 Å². The summed E-state index contributed by atoms with van der Waals surface area (Å²) in [6, 6.07) is 6.76. The molecule has 1 saturated heterocycles. The molecule has 0 radical (unpaired) electrons. The lowest BCUT2D eigenvalue weighted by molar-refractivity contribution is 0.613. The molecule has 1 aromatic rings. The Balaban J connectivity index is 2.21. The van der Waals surface area contributed by atoms with Crippen molar-refractivity contribution < 1.29 is 0 Å². The molecule has 0 unspecified atom stereocenters. The molecule has 0 saturated carbocycles. The molecule has 80 valence electrons. The van der Waals surface area contributed by atoms with E-state index in [0.717, 1.165) is 13.1 Å². The van der Waals surface area contributed by atoms with Crippen molar-refractivity contribution in [3.63, 3.8) is 0 Å². The summed E-state index contributed by atoms with van der Waals surface area (Å²) in [6.07, 6.45) is 4.76. The second-order valence-electron chi connectivity index (χ2n) is 4.47. The van der Waals surface area contributed by atoms with Crippen molar-refractivity contribution >= 4 is 6.08 Å². The monoisotopic (exact) mass is 201 g/mol. The van der Waals surface area contributed by atoms with Crippen LogP contribution in [0.25, 0.3) is 6.08 Å². The third-order valence-corrected chi connectivity index (χ3v) is 2.86. The van der Waals surface area contributed by atoms with Gasteiger partial charge in [0.05, 0.1) is 0 Å². The number of aryl methyl sites for hydroxylation is 2. The Morgan fingerprint density at radius 2 is 1.60 bits per heavy atom. The van der Waals surface area contributed by atoms with Crippen molar-refractivity contribution in [1.82, 2.24) is 5.32 Å². The van der Waals surface area contributed by atoms with Gasteiger partial charge >= 0.3 is 0 Å². The molecular weight excluding hydrogens is 182 g/mol. The maximum Gasteiger partial charge on any atom is -0.00113 e. The fourth-order valence-corrected chi connectivity index (χ4v) is 2.22. The molecule has 1 aliphatic heterocycles. The molecule has 0 aromatic heterocycles. The van der Waals surface area contributed by atoms with Gasteiger partial charge in [-0.3, -0.25) is 0 Å². The molecule has 0 atom stereocenters. The first kappa shape index (κ1) is 10.4. The molecule has 1 fully saturated rings. The molecule has 0 amide bonds. The molecule has 1 heteroatoms. The zero-order valence-corrected chi connectivity index (χ0v) is 9.64. The first-order valence-corrected chi connectivity index (χ1v) is 5.72. The van der Waals surface area contributed by atoms with Crippen LogP contribution in [-0.2, 0) is 0 Å². The number of rotatable bonds is 1. The van der Waals surface area contributed by atoms with E-state index in [-0.39, 0.29) is 0 Å². The summed E-state index contributed by atoms with van der Waals surface area (Å²) in [6.45, 7) is 6.60. The standard InChI is InChI=1S/C14H19N/c1-11-7-12(2)9-14(8-11)10-13-3-5-15-6-4-13/h7-10,15H,3-6H2,1-2H3. The predicted octanol–water partition coefficient (Wildman–Crippen LogP) is 3.07. The Hall–Kier alpha value is -1.08. The van der Waals surface area contributed by atoms with E-state index in [9.17, 15) is 0 Å². The lowest BCUT2D eigenvalue weighted by Crippen LogP contribution is -2.22. The number of benzene rings is 1. The highest BCUT2D eigenvalue weighted by Crippen LogP contribution is 2.17. The number of hydrogen-bond donors (Lipinski definition) is 1. The van der Waals surface area contributed by atoms with Crippen LogP contribution in [0.2, 0.25) is 0 Å². The van der Waals surface area contributed by atoms with Gasteiger partial charge < -0.3 is 5.32 Å². The lowest BCUT2D eigenvalue weighted by Gasteiger charge is -2.15. The molecule has 0 aliphatic carbocycles. The quantitative estimate of drug-likeness (QED) is 0.736. The Labute approximate surface area is 92.2 Å². The number of nitrogens with one attached hydrogen (secondary N) is 1. The van der Waals surface area contributed by atoms with E-state index < -0.39 is 0 Å². The van der Waals surface area contributed by atoms with Crippen LogP contribution < -0.4 is 5.32 Å². The number of piperidine rings is 1. The molecule has 1 heterocycles. The third-order valence-electron chi connectivity index (χ3n) is 2.86. The van der Waals surface area contributed by atoms with Crippen LogP contribution in [0.3, 0.4) is 0 Å². The van der Waals surface area contributed by atoms with E-state index in [2.05, 4.69) is 43.4 Å². The van der Waals surface area contributed by atoms with Gasteiger partial charge in [-0.1, -0.05) is 41.0 Å².